The molecule has 1 aromatic carbocycles. The summed E-state index contributed by atoms with van der Waals surface area (Å²) >= 11 is 0. The van der Waals surface area contributed by atoms with Gasteiger partial charge in [-0.25, -0.2) is 0 Å². The number of hydrogen-bond donors (Lipinski definition) is 1. The van der Waals surface area contributed by atoms with E-state index in [4.69, 9.17) is 0 Å². The second-order valence-corrected chi connectivity index (χ2v) is 9.40. The first-order valence-corrected chi connectivity index (χ1v) is 11.2. The van der Waals surface area contributed by atoms with Crippen molar-refractivity contribution in [3.05, 3.63) is 29.8 Å². The van der Waals surface area contributed by atoms with Crippen LogP contribution in [-0.4, -0.2) is 49.6 Å². The van der Waals surface area contributed by atoms with Gasteiger partial charge in [0.2, 0.25) is 5.91 Å². The fourth-order valence-electron chi connectivity index (χ4n) is 4.86. The number of carbonyl (C=O) groups is 1. The van der Waals surface area contributed by atoms with Gasteiger partial charge in [0.25, 0.3) is 0 Å². The lowest BCUT2D eigenvalue weighted by Crippen LogP contribution is -2.47. The van der Waals surface area contributed by atoms with Gasteiger partial charge in [-0.2, -0.15) is 13.2 Å². The standard InChI is InChI=1S/C23H32F3N3O/c1-16-2-6-19(7-3-16)27-22(30)21-14-17(21)15-28-10-12-29(13-11-28)20-8-4-18(5-9-20)23(24,25)26/h4-5,8-9,16-17,19,21H,2-3,6-7,10-15H2,1H3,(H,27,30)/t16?,17-,19?,21+/m0/s1. The maximum atomic E-state index is 12.7. The Morgan fingerprint density at radius 3 is 2.27 bits per heavy atom. The zero-order valence-electron chi connectivity index (χ0n) is 17.6. The third-order valence-electron chi connectivity index (χ3n) is 7.05. The van der Waals surface area contributed by atoms with Crippen LogP contribution in [0.15, 0.2) is 24.3 Å². The van der Waals surface area contributed by atoms with Crippen LogP contribution < -0.4 is 10.2 Å². The Hall–Kier alpha value is -1.76. The lowest BCUT2D eigenvalue weighted by Gasteiger charge is -2.36. The summed E-state index contributed by atoms with van der Waals surface area (Å²) in [6, 6.07) is 5.80. The highest BCUT2D eigenvalue weighted by Gasteiger charge is 2.44. The summed E-state index contributed by atoms with van der Waals surface area (Å²) in [5, 5.41) is 3.27. The van der Waals surface area contributed by atoms with E-state index >= 15 is 0 Å². The Balaban J connectivity index is 1.18. The van der Waals surface area contributed by atoms with Gasteiger partial charge in [0.15, 0.2) is 0 Å². The molecule has 30 heavy (non-hydrogen) atoms. The van der Waals surface area contributed by atoms with Gasteiger partial charge in [-0.15, -0.1) is 0 Å². The van der Waals surface area contributed by atoms with E-state index in [9.17, 15) is 18.0 Å². The molecule has 1 N–H and O–H groups in total. The van der Waals surface area contributed by atoms with E-state index in [1.165, 1.54) is 12.8 Å². The van der Waals surface area contributed by atoms with Crippen molar-refractivity contribution in [1.29, 1.82) is 0 Å². The molecule has 2 saturated carbocycles. The van der Waals surface area contributed by atoms with Crippen LogP contribution in [0.3, 0.4) is 0 Å². The molecule has 1 aliphatic heterocycles. The molecule has 0 unspecified atom stereocenters. The largest absolute Gasteiger partial charge is 0.416 e. The van der Waals surface area contributed by atoms with Gasteiger partial charge in [-0.1, -0.05) is 6.92 Å². The molecule has 0 aromatic heterocycles. The number of rotatable bonds is 5. The Bertz CT molecular complexity index is 720. The lowest BCUT2D eigenvalue weighted by atomic mass is 9.87. The molecule has 1 amide bonds. The van der Waals surface area contributed by atoms with Gasteiger partial charge >= 0.3 is 6.18 Å². The van der Waals surface area contributed by atoms with Crippen molar-refractivity contribution in [2.24, 2.45) is 17.8 Å². The number of anilines is 1. The van der Waals surface area contributed by atoms with Crippen molar-refractivity contribution in [2.45, 2.75) is 51.2 Å². The molecule has 4 nitrogen and oxygen atoms in total. The van der Waals surface area contributed by atoms with Gasteiger partial charge in [-0.05, 0) is 68.2 Å². The minimum atomic E-state index is -4.29. The molecule has 3 fully saturated rings. The molecule has 0 spiro atoms. The van der Waals surface area contributed by atoms with Crippen molar-refractivity contribution in [2.75, 3.05) is 37.6 Å². The highest BCUT2D eigenvalue weighted by atomic mass is 19.4. The monoisotopic (exact) mass is 423 g/mol. The second kappa shape index (κ2) is 8.77. The molecule has 7 heteroatoms. The van der Waals surface area contributed by atoms with E-state index in [0.717, 1.165) is 75.7 Å². The van der Waals surface area contributed by atoms with Gasteiger partial charge in [0.1, 0.15) is 0 Å². The van der Waals surface area contributed by atoms with Gasteiger partial charge < -0.3 is 10.2 Å². The number of amides is 1. The van der Waals surface area contributed by atoms with Crippen molar-refractivity contribution in [3.63, 3.8) is 0 Å². The number of hydrogen-bond acceptors (Lipinski definition) is 3. The summed E-state index contributed by atoms with van der Waals surface area (Å²) in [6.07, 6.45) is 1.32. The Labute approximate surface area is 176 Å². The van der Waals surface area contributed by atoms with Crippen LogP contribution in [0.4, 0.5) is 18.9 Å². The molecule has 0 bridgehead atoms. The first-order valence-electron chi connectivity index (χ1n) is 11.2. The number of nitrogens with zero attached hydrogens (tertiary/aromatic N) is 2. The Morgan fingerprint density at radius 2 is 1.67 bits per heavy atom. The summed E-state index contributed by atoms with van der Waals surface area (Å²) in [7, 11) is 0. The molecular weight excluding hydrogens is 391 g/mol. The maximum Gasteiger partial charge on any atom is 0.416 e. The molecule has 3 aliphatic rings. The van der Waals surface area contributed by atoms with E-state index in [-0.39, 0.29) is 11.8 Å². The van der Waals surface area contributed by atoms with Crippen LogP contribution in [0.5, 0.6) is 0 Å². The number of carbonyl (C=O) groups excluding carboxylic acids is 1. The lowest BCUT2D eigenvalue weighted by molar-refractivity contribution is -0.137. The highest BCUT2D eigenvalue weighted by Crippen LogP contribution is 2.40. The Kier molecular flexibility index (Phi) is 6.28. The summed E-state index contributed by atoms with van der Waals surface area (Å²) in [5.74, 6) is 1.64. The SMILES string of the molecule is CC1CCC(NC(=O)[C@@H]2C[C@H]2CN2CCN(c3ccc(C(F)(F)F)cc3)CC2)CC1. The molecule has 2 atom stereocenters. The van der Waals surface area contributed by atoms with E-state index in [2.05, 4.69) is 22.0 Å². The molecule has 1 heterocycles. The van der Waals surface area contributed by atoms with E-state index in [1.54, 1.807) is 12.1 Å². The summed E-state index contributed by atoms with van der Waals surface area (Å²) in [5.41, 5.74) is 0.235. The third kappa shape index (κ3) is 5.29. The number of piperazine rings is 1. The van der Waals surface area contributed by atoms with Crippen molar-refractivity contribution in [3.8, 4) is 0 Å². The predicted octanol–water partition coefficient (Wildman–Crippen LogP) is 4.16. The quantitative estimate of drug-likeness (QED) is 0.773. The topological polar surface area (TPSA) is 35.6 Å². The molecule has 1 saturated heterocycles. The van der Waals surface area contributed by atoms with Crippen molar-refractivity contribution in [1.82, 2.24) is 10.2 Å². The van der Waals surface area contributed by atoms with E-state index in [0.29, 0.717) is 12.0 Å². The summed E-state index contributed by atoms with van der Waals surface area (Å²) in [6.45, 7) is 6.59. The zero-order chi connectivity index (χ0) is 21.3. The van der Waals surface area contributed by atoms with Crippen LogP contribution in [0, 0.1) is 17.8 Å². The summed E-state index contributed by atoms with van der Waals surface area (Å²) < 4.78 is 38.2. The van der Waals surface area contributed by atoms with Crippen molar-refractivity contribution >= 4 is 11.6 Å². The van der Waals surface area contributed by atoms with Crippen LogP contribution in [0.2, 0.25) is 0 Å². The second-order valence-electron chi connectivity index (χ2n) is 9.40. The van der Waals surface area contributed by atoms with Gasteiger partial charge in [0.05, 0.1) is 5.56 Å². The molecule has 4 rings (SSSR count). The first-order chi connectivity index (χ1) is 14.3. The van der Waals surface area contributed by atoms with Gasteiger partial charge in [-0.3, -0.25) is 9.69 Å². The van der Waals surface area contributed by atoms with Crippen molar-refractivity contribution < 1.29 is 18.0 Å². The number of alkyl halides is 3. The van der Waals surface area contributed by atoms with Crippen LogP contribution in [0.25, 0.3) is 0 Å². The first kappa shape index (κ1) is 21.5. The smallest absolute Gasteiger partial charge is 0.369 e. The average molecular weight is 424 g/mol. The number of benzene rings is 1. The molecule has 2 aliphatic carbocycles. The number of nitrogens with one attached hydrogen (secondary N) is 1. The van der Waals surface area contributed by atoms with Crippen LogP contribution >= 0.6 is 0 Å². The maximum absolute atomic E-state index is 12.7. The van der Waals surface area contributed by atoms with Crippen LogP contribution in [0.1, 0.15) is 44.6 Å². The molecular formula is C23H32F3N3O. The van der Waals surface area contributed by atoms with E-state index in [1.807, 2.05) is 0 Å². The fourth-order valence-corrected chi connectivity index (χ4v) is 4.86. The predicted molar refractivity (Wildman–Crippen MR) is 111 cm³/mol. The number of halogens is 3. The fraction of sp³-hybridized carbons (Fsp3) is 0.696. The zero-order valence-corrected chi connectivity index (χ0v) is 17.6. The molecule has 166 valence electrons. The minimum Gasteiger partial charge on any atom is -0.369 e. The minimum absolute atomic E-state index is 0.164. The third-order valence-corrected chi connectivity index (χ3v) is 7.05. The normalized spacial score (nSPS) is 30.2. The van der Waals surface area contributed by atoms with Crippen LogP contribution in [-0.2, 0) is 11.0 Å². The van der Waals surface area contributed by atoms with Gasteiger partial charge in [0, 0.05) is 50.4 Å². The Morgan fingerprint density at radius 1 is 1.03 bits per heavy atom. The average Bonchev–Trinajstić information content (AvgIpc) is 3.49. The summed E-state index contributed by atoms with van der Waals surface area (Å²) in [4.78, 5) is 17.1. The highest BCUT2D eigenvalue weighted by molar-refractivity contribution is 5.81. The molecule has 0 radical (unpaired) electrons. The molecule has 1 aromatic rings. The van der Waals surface area contributed by atoms with E-state index < -0.39 is 11.7 Å².